The molecule has 146 valence electrons. The summed E-state index contributed by atoms with van der Waals surface area (Å²) in [6.07, 6.45) is 0. The highest BCUT2D eigenvalue weighted by atomic mass is 14.9. The number of rotatable bonds is 4. The second-order valence-corrected chi connectivity index (χ2v) is 7.41. The van der Waals surface area contributed by atoms with Gasteiger partial charge in [-0.3, -0.25) is 0 Å². The van der Waals surface area contributed by atoms with Crippen molar-refractivity contribution in [3.8, 4) is 0 Å². The summed E-state index contributed by atoms with van der Waals surface area (Å²) in [5, 5.41) is 0. The third kappa shape index (κ3) is 3.36. The second-order valence-electron chi connectivity index (χ2n) is 7.41. The molecular weight excluding hydrogens is 376 g/mol. The fourth-order valence-electron chi connectivity index (χ4n) is 4.27. The van der Waals surface area contributed by atoms with Crippen LogP contribution in [0.25, 0.3) is 27.8 Å². The van der Waals surface area contributed by atoms with Gasteiger partial charge in [-0.05, 0) is 22.3 Å². The van der Waals surface area contributed by atoms with E-state index in [1.807, 2.05) is 72.8 Å². The highest BCUT2D eigenvalue weighted by molar-refractivity contribution is 6.59. The third-order valence-electron chi connectivity index (χ3n) is 5.57. The van der Waals surface area contributed by atoms with Gasteiger partial charge in [0.15, 0.2) is 0 Å². The molecule has 0 unspecified atom stereocenters. The van der Waals surface area contributed by atoms with Gasteiger partial charge >= 0.3 is 5.71 Å². The largest absolute Gasteiger partial charge is 0.361 e. The number of hydrogen-bond donors (Lipinski definition) is 0. The Bertz CT molecular complexity index is 1230. The molecule has 0 atom stereocenters. The summed E-state index contributed by atoms with van der Waals surface area (Å²) < 4.78 is 0. The number of nitrogens with zero attached hydrogens (tertiary/aromatic N) is 2. The molecule has 0 amide bonds. The van der Waals surface area contributed by atoms with Crippen molar-refractivity contribution >= 4 is 28.0 Å². The van der Waals surface area contributed by atoms with Crippen molar-refractivity contribution in [3.05, 3.63) is 149 Å². The predicted molar refractivity (Wildman–Crippen MR) is 128 cm³/mol. The molecule has 0 fully saturated rings. The van der Waals surface area contributed by atoms with Crippen LogP contribution in [-0.2, 0) is 0 Å². The molecule has 0 spiro atoms. The third-order valence-corrected chi connectivity index (χ3v) is 5.57. The predicted octanol–water partition coefficient (Wildman–Crippen LogP) is 6.89. The molecule has 0 aromatic heterocycles. The van der Waals surface area contributed by atoms with E-state index in [-0.39, 0.29) is 0 Å². The topological polar surface area (TPSA) is 36.4 Å². The molecule has 0 N–H and O–H groups in total. The van der Waals surface area contributed by atoms with Crippen LogP contribution in [-0.4, -0.2) is 10.5 Å². The van der Waals surface area contributed by atoms with Gasteiger partial charge in [-0.25, -0.2) is 0 Å². The lowest BCUT2D eigenvalue weighted by molar-refractivity contribution is 0.000363. The molecule has 1 aliphatic rings. The maximum absolute atomic E-state index is 10.3. The summed E-state index contributed by atoms with van der Waals surface area (Å²) in [7, 11) is 0. The zero-order valence-electron chi connectivity index (χ0n) is 16.9. The SMILES string of the molecule is [N-]=[N+]=C1C(c2ccccc2)=C(c2ccccc2)C(c2ccccc2)=C1c1ccccc1. The molecule has 31 heavy (non-hydrogen) atoms. The van der Waals surface area contributed by atoms with Crippen LogP contribution in [0.2, 0.25) is 0 Å². The molecule has 0 bridgehead atoms. The van der Waals surface area contributed by atoms with Crippen molar-refractivity contribution in [1.29, 1.82) is 0 Å². The van der Waals surface area contributed by atoms with Crippen molar-refractivity contribution in [2.24, 2.45) is 0 Å². The molecule has 2 heteroatoms. The Morgan fingerprint density at radius 2 is 0.613 bits per heavy atom. The van der Waals surface area contributed by atoms with Crippen LogP contribution in [0.4, 0.5) is 0 Å². The Hall–Kier alpha value is -4.26. The minimum atomic E-state index is 0.593. The maximum atomic E-state index is 10.3. The van der Waals surface area contributed by atoms with Crippen molar-refractivity contribution in [2.45, 2.75) is 0 Å². The van der Waals surface area contributed by atoms with E-state index >= 15 is 0 Å². The van der Waals surface area contributed by atoms with Crippen molar-refractivity contribution in [3.63, 3.8) is 0 Å². The molecule has 4 aromatic carbocycles. The molecule has 4 aromatic rings. The molecule has 1 aliphatic carbocycles. The Balaban J connectivity index is 1.93. The minimum Gasteiger partial charge on any atom is -0.361 e. The summed E-state index contributed by atoms with van der Waals surface area (Å²) >= 11 is 0. The minimum absolute atomic E-state index is 0.593. The standard InChI is InChI=1S/C29H20N2/c30-31-29-27(23-17-9-3-10-18-23)25(21-13-5-1-6-14-21)26(22-15-7-2-8-16-22)28(29)24-19-11-4-12-20-24/h1-20H. The Morgan fingerprint density at radius 1 is 0.355 bits per heavy atom. The van der Waals surface area contributed by atoms with Gasteiger partial charge in [0.25, 0.3) is 0 Å². The van der Waals surface area contributed by atoms with Gasteiger partial charge in [-0.15, -0.1) is 0 Å². The normalized spacial score (nSPS) is 13.5. The number of hydrogen-bond acceptors (Lipinski definition) is 0. The molecular formula is C29H20N2. The van der Waals surface area contributed by atoms with E-state index in [2.05, 4.69) is 53.3 Å². The molecule has 2 nitrogen and oxygen atoms in total. The van der Waals surface area contributed by atoms with Gasteiger partial charge in [-0.1, -0.05) is 121 Å². The first-order chi connectivity index (χ1) is 15.4. The van der Waals surface area contributed by atoms with E-state index in [0.29, 0.717) is 5.71 Å². The first kappa shape index (κ1) is 18.7. The average Bonchev–Trinajstić information content (AvgIpc) is 3.21. The smallest absolute Gasteiger partial charge is 0.332 e. The van der Waals surface area contributed by atoms with Gasteiger partial charge < -0.3 is 5.53 Å². The van der Waals surface area contributed by atoms with Crippen LogP contribution < -0.4 is 0 Å². The van der Waals surface area contributed by atoms with Crippen LogP contribution in [0.15, 0.2) is 121 Å². The summed E-state index contributed by atoms with van der Waals surface area (Å²) in [6.45, 7) is 0. The first-order valence-corrected chi connectivity index (χ1v) is 10.3. The number of benzene rings is 4. The van der Waals surface area contributed by atoms with E-state index in [4.69, 9.17) is 0 Å². The fourth-order valence-corrected chi connectivity index (χ4v) is 4.27. The average molecular weight is 396 g/mol. The summed E-state index contributed by atoms with van der Waals surface area (Å²) in [6, 6.07) is 41.0. The van der Waals surface area contributed by atoms with Gasteiger partial charge in [0.2, 0.25) is 0 Å². The zero-order valence-corrected chi connectivity index (χ0v) is 16.9. The molecule has 0 saturated heterocycles. The van der Waals surface area contributed by atoms with E-state index < -0.39 is 0 Å². The Morgan fingerprint density at radius 3 is 0.871 bits per heavy atom. The summed E-state index contributed by atoms with van der Waals surface area (Å²) in [5.74, 6) is 0. The number of allylic oxidation sites excluding steroid dienone is 4. The van der Waals surface area contributed by atoms with Crippen LogP contribution in [0.3, 0.4) is 0 Å². The van der Waals surface area contributed by atoms with E-state index in [1.165, 1.54) is 0 Å². The van der Waals surface area contributed by atoms with Gasteiger partial charge in [-0.2, -0.15) is 4.79 Å². The second kappa shape index (κ2) is 8.23. The molecule has 0 saturated carbocycles. The van der Waals surface area contributed by atoms with Crippen LogP contribution in [0, 0.1) is 0 Å². The molecule has 5 rings (SSSR count). The van der Waals surface area contributed by atoms with Gasteiger partial charge in [0.1, 0.15) is 0 Å². The first-order valence-electron chi connectivity index (χ1n) is 10.3. The van der Waals surface area contributed by atoms with Gasteiger partial charge in [0, 0.05) is 11.1 Å². The van der Waals surface area contributed by atoms with E-state index in [1.54, 1.807) is 0 Å². The lowest BCUT2D eigenvalue weighted by atomic mass is 9.89. The van der Waals surface area contributed by atoms with Crippen LogP contribution in [0.1, 0.15) is 22.3 Å². The Labute approximate surface area is 182 Å². The summed E-state index contributed by atoms with van der Waals surface area (Å²) in [4.78, 5) is 3.86. The summed E-state index contributed by atoms with van der Waals surface area (Å²) in [5.41, 5.74) is 19.1. The van der Waals surface area contributed by atoms with Crippen molar-refractivity contribution in [1.82, 2.24) is 0 Å². The van der Waals surface area contributed by atoms with E-state index in [9.17, 15) is 5.53 Å². The molecule has 0 aliphatic heterocycles. The lowest BCUT2D eigenvalue weighted by Crippen LogP contribution is -2.04. The van der Waals surface area contributed by atoms with Crippen LogP contribution >= 0.6 is 0 Å². The highest BCUT2D eigenvalue weighted by Crippen LogP contribution is 2.49. The molecule has 0 heterocycles. The van der Waals surface area contributed by atoms with Crippen molar-refractivity contribution < 1.29 is 4.79 Å². The Kier molecular flexibility index (Phi) is 4.98. The van der Waals surface area contributed by atoms with Crippen molar-refractivity contribution in [2.75, 3.05) is 0 Å². The zero-order chi connectivity index (χ0) is 21.0. The van der Waals surface area contributed by atoms with Gasteiger partial charge in [0.05, 0.1) is 11.1 Å². The highest BCUT2D eigenvalue weighted by Gasteiger charge is 2.39. The molecule has 0 radical (unpaired) electrons. The lowest BCUT2D eigenvalue weighted by Gasteiger charge is -2.13. The quantitative estimate of drug-likeness (QED) is 0.266. The van der Waals surface area contributed by atoms with E-state index in [0.717, 1.165) is 44.5 Å². The fraction of sp³-hybridized carbons (Fsp3) is 0. The maximum Gasteiger partial charge on any atom is 0.332 e. The van der Waals surface area contributed by atoms with Crippen LogP contribution in [0.5, 0.6) is 0 Å². The monoisotopic (exact) mass is 396 g/mol.